The van der Waals surface area contributed by atoms with E-state index in [2.05, 4.69) is 15.3 Å². The van der Waals surface area contributed by atoms with Crippen LogP contribution in [0.2, 0.25) is 0 Å². The first-order valence-electron chi connectivity index (χ1n) is 5.91. The molecule has 6 heteroatoms. The summed E-state index contributed by atoms with van der Waals surface area (Å²) < 4.78 is 0. The van der Waals surface area contributed by atoms with Crippen LogP contribution >= 0.6 is 0 Å². The molecular formula is C13H16N4O2. The minimum Gasteiger partial charge on any atom is -0.394 e. The van der Waals surface area contributed by atoms with Crippen molar-refractivity contribution in [1.82, 2.24) is 9.97 Å². The van der Waals surface area contributed by atoms with E-state index >= 15 is 0 Å². The van der Waals surface area contributed by atoms with Crippen molar-refractivity contribution in [3.05, 3.63) is 36.4 Å². The highest BCUT2D eigenvalue weighted by Crippen LogP contribution is 2.18. The second-order valence-corrected chi connectivity index (χ2v) is 4.07. The second-order valence-electron chi connectivity index (χ2n) is 4.07. The number of anilines is 2. The van der Waals surface area contributed by atoms with Gasteiger partial charge in [0, 0.05) is 11.6 Å². The standard InChI is InChI=1S/C13H16N4O2/c14-11-6-12(15-10(7-18)8-19)17-13(16-11)9-4-2-1-3-5-9/h1-6,10,18-19H,7-8H2,(H3,14,15,16,17). The fourth-order valence-electron chi connectivity index (χ4n) is 1.61. The minimum atomic E-state index is -0.474. The van der Waals surface area contributed by atoms with E-state index in [-0.39, 0.29) is 13.2 Å². The quantitative estimate of drug-likeness (QED) is 0.623. The fraction of sp³-hybridized carbons (Fsp3) is 0.231. The lowest BCUT2D eigenvalue weighted by Gasteiger charge is -2.14. The van der Waals surface area contributed by atoms with Gasteiger partial charge in [-0.1, -0.05) is 30.3 Å². The van der Waals surface area contributed by atoms with E-state index in [9.17, 15) is 0 Å². The molecule has 0 aliphatic heterocycles. The number of rotatable bonds is 5. The third-order valence-electron chi connectivity index (χ3n) is 2.57. The maximum absolute atomic E-state index is 9.05. The largest absolute Gasteiger partial charge is 0.394 e. The van der Waals surface area contributed by atoms with Crippen molar-refractivity contribution in [1.29, 1.82) is 0 Å². The van der Waals surface area contributed by atoms with Crippen molar-refractivity contribution < 1.29 is 10.2 Å². The van der Waals surface area contributed by atoms with Crippen molar-refractivity contribution >= 4 is 11.6 Å². The Kier molecular flexibility index (Phi) is 4.27. The van der Waals surface area contributed by atoms with Crippen LogP contribution in [0.4, 0.5) is 11.6 Å². The van der Waals surface area contributed by atoms with Crippen LogP contribution in [0.1, 0.15) is 0 Å². The third kappa shape index (κ3) is 3.40. The Bertz CT molecular complexity index is 529. The monoisotopic (exact) mass is 260 g/mol. The lowest BCUT2D eigenvalue weighted by Crippen LogP contribution is -2.28. The highest BCUT2D eigenvalue weighted by molar-refractivity contribution is 5.60. The van der Waals surface area contributed by atoms with E-state index in [0.717, 1.165) is 5.56 Å². The van der Waals surface area contributed by atoms with Gasteiger partial charge in [0.05, 0.1) is 19.3 Å². The Balaban J connectivity index is 2.30. The summed E-state index contributed by atoms with van der Waals surface area (Å²) in [6.45, 7) is -0.387. The highest BCUT2D eigenvalue weighted by Gasteiger charge is 2.09. The summed E-state index contributed by atoms with van der Waals surface area (Å²) in [6, 6.07) is 10.5. The van der Waals surface area contributed by atoms with E-state index in [4.69, 9.17) is 15.9 Å². The zero-order valence-corrected chi connectivity index (χ0v) is 10.3. The lowest BCUT2D eigenvalue weighted by atomic mass is 10.2. The van der Waals surface area contributed by atoms with E-state index in [1.165, 1.54) is 0 Å². The number of hydrogen-bond acceptors (Lipinski definition) is 6. The molecule has 2 rings (SSSR count). The number of aliphatic hydroxyl groups excluding tert-OH is 2. The van der Waals surface area contributed by atoms with Crippen LogP contribution in [0.3, 0.4) is 0 Å². The maximum Gasteiger partial charge on any atom is 0.163 e. The SMILES string of the molecule is Nc1cc(NC(CO)CO)nc(-c2ccccc2)n1. The van der Waals surface area contributed by atoms with E-state index in [1.54, 1.807) is 6.07 Å². The van der Waals surface area contributed by atoms with Crippen LogP contribution in [0.15, 0.2) is 36.4 Å². The van der Waals surface area contributed by atoms with Crippen molar-refractivity contribution in [3.63, 3.8) is 0 Å². The van der Waals surface area contributed by atoms with E-state index in [0.29, 0.717) is 17.5 Å². The van der Waals surface area contributed by atoms with Crippen LogP contribution in [-0.4, -0.2) is 39.4 Å². The topological polar surface area (TPSA) is 104 Å². The molecule has 0 aliphatic carbocycles. The molecule has 0 spiro atoms. The average molecular weight is 260 g/mol. The fourth-order valence-corrected chi connectivity index (χ4v) is 1.61. The number of nitrogen functional groups attached to an aromatic ring is 1. The molecular weight excluding hydrogens is 244 g/mol. The van der Waals surface area contributed by atoms with E-state index in [1.807, 2.05) is 30.3 Å². The summed E-state index contributed by atoms with van der Waals surface area (Å²) in [6.07, 6.45) is 0. The molecule has 0 bridgehead atoms. The molecule has 0 saturated carbocycles. The molecule has 0 atom stereocenters. The van der Waals surface area contributed by atoms with Gasteiger partial charge in [0.1, 0.15) is 11.6 Å². The van der Waals surface area contributed by atoms with Gasteiger partial charge in [-0.05, 0) is 0 Å². The molecule has 0 unspecified atom stereocenters. The van der Waals surface area contributed by atoms with Crippen molar-refractivity contribution in [3.8, 4) is 11.4 Å². The Morgan fingerprint density at radius 1 is 1.11 bits per heavy atom. The first-order chi connectivity index (χ1) is 9.22. The molecule has 0 fully saturated rings. The Morgan fingerprint density at radius 2 is 1.79 bits per heavy atom. The molecule has 1 heterocycles. The second kappa shape index (κ2) is 6.12. The molecule has 6 nitrogen and oxygen atoms in total. The van der Waals surface area contributed by atoms with Gasteiger partial charge in [0.25, 0.3) is 0 Å². The van der Waals surface area contributed by atoms with E-state index < -0.39 is 6.04 Å². The van der Waals surface area contributed by atoms with Crippen molar-refractivity contribution in [2.24, 2.45) is 0 Å². The normalized spacial score (nSPS) is 10.7. The minimum absolute atomic E-state index is 0.193. The van der Waals surface area contributed by atoms with Crippen molar-refractivity contribution in [2.75, 3.05) is 24.3 Å². The first kappa shape index (κ1) is 13.3. The van der Waals surface area contributed by atoms with Crippen molar-refractivity contribution in [2.45, 2.75) is 6.04 Å². The zero-order chi connectivity index (χ0) is 13.7. The van der Waals surface area contributed by atoms with Gasteiger partial charge < -0.3 is 21.3 Å². The van der Waals surface area contributed by atoms with Crippen LogP contribution in [0, 0.1) is 0 Å². The molecule has 100 valence electrons. The third-order valence-corrected chi connectivity index (χ3v) is 2.57. The van der Waals surface area contributed by atoms with Crippen LogP contribution in [0.25, 0.3) is 11.4 Å². The molecule has 5 N–H and O–H groups in total. The number of hydrogen-bond donors (Lipinski definition) is 4. The van der Waals surface area contributed by atoms with Crippen LogP contribution in [0.5, 0.6) is 0 Å². The highest BCUT2D eigenvalue weighted by atomic mass is 16.3. The summed E-state index contributed by atoms with van der Waals surface area (Å²) in [7, 11) is 0. The van der Waals surface area contributed by atoms with Gasteiger partial charge in [0.2, 0.25) is 0 Å². The lowest BCUT2D eigenvalue weighted by molar-refractivity contribution is 0.203. The Labute approximate surface area is 111 Å². The molecule has 2 aromatic rings. The first-order valence-corrected chi connectivity index (χ1v) is 5.91. The van der Waals surface area contributed by atoms with Gasteiger partial charge in [-0.25, -0.2) is 9.97 Å². The van der Waals surface area contributed by atoms with Gasteiger partial charge in [-0.3, -0.25) is 0 Å². The summed E-state index contributed by atoms with van der Waals surface area (Å²) in [5.41, 5.74) is 6.59. The number of nitrogens with two attached hydrogens (primary N) is 1. The Hall–Kier alpha value is -2.18. The molecule has 0 aliphatic rings. The molecule has 1 aromatic carbocycles. The summed E-state index contributed by atoms with van der Waals surface area (Å²) in [5.74, 6) is 1.29. The number of benzene rings is 1. The molecule has 19 heavy (non-hydrogen) atoms. The number of aromatic nitrogens is 2. The molecule has 0 saturated heterocycles. The van der Waals surface area contributed by atoms with Gasteiger partial charge >= 0.3 is 0 Å². The smallest absolute Gasteiger partial charge is 0.163 e. The molecule has 1 aromatic heterocycles. The number of aliphatic hydroxyl groups is 2. The summed E-state index contributed by atoms with van der Waals surface area (Å²) in [4.78, 5) is 8.48. The van der Waals surface area contributed by atoms with Gasteiger partial charge in [-0.2, -0.15) is 0 Å². The van der Waals surface area contributed by atoms with Gasteiger partial charge in [0.15, 0.2) is 5.82 Å². The Morgan fingerprint density at radius 3 is 2.42 bits per heavy atom. The molecule has 0 amide bonds. The van der Waals surface area contributed by atoms with Crippen LogP contribution < -0.4 is 11.1 Å². The summed E-state index contributed by atoms with van der Waals surface area (Å²) >= 11 is 0. The molecule has 0 radical (unpaired) electrons. The zero-order valence-electron chi connectivity index (χ0n) is 10.3. The van der Waals surface area contributed by atoms with Gasteiger partial charge in [-0.15, -0.1) is 0 Å². The number of nitrogens with zero attached hydrogens (tertiary/aromatic N) is 2. The average Bonchev–Trinajstić information content (AvgIpc) is 2.45. The summed E-state index contributed by atoms with van der Waals surface area (Å²) in [5, 5.41) is 21.0. The number of nitrogens with one attached hydrogen (secondary N) is 1. The predicted octanol–water partition coefficient (Wildman–Crippen LogP) is 0.491. The van der Waals surface area contributed by atoms with Crippen LogP contribution in [-0.2, 0) is 0 Å². The maximum atomic E-state index is 9.05. The predicted molar refractivity (Wildman–Crippen MR) is 73.5 cm³/mol.